The summed E-state index contributed by atoms with van der Waals surface area (Å²) in [5, 5.41) is 0. The van der Waals surface area contributed by atoms with Crippen molar-refractivity contribution in [1.82, 2.24) is 0 Å². The summed E-state index contributed by atoms with van der Waals surface area (Å²) in [7, 11) is 0. The van der Waals surface area contributed by atoms with Crippen LogP contribution in [0.4, 0.5) is 18.9 Å². The highest BCUT2D eigenvalue weighted by atomic mass is 19.4. The summed E-state index contributed by atoms with van der Waals surface area (Å²) in [5.74, 6) is 0. The predicted octanol–water partition coefficient (Wildman–Crippen LogP) is 3.60. The number of nitrogens with two attached hydrogens (primary N) is 1. The fourth-order valence-electron chi connectivity index (χ4n) is 1.41. The van der Waals surface area contributed by atoms with E-state index < -0.39 is 11.7 Å². The van der Waals surface area contributed by atoms with Crippen LogP contribution in [0.2, 0.25) is 0 Å². The lowest BCUT2D eigenvalue weighted by Gasteiger charge is -2.13. The Balaban J connectivity index is 2.77. The third kappa shape index (κ3) is 4.26. The van der Waals surface area contributed by atoms with Crippen molar-refractivity contribution >= 4 is 5.69 Å². The van der Waals surface area contributed by atoms with Crippen molar-refractivity contribution in [3.63, 3.8) is 0 Å². The summed E-state index contributed by atoms with van der Waals surface area (Å²) < 4.78 is 43.3. The molecule has 1 aromatic carbocycles. The van der Waals surface area contributed by atoms with Crippen LogP contribution in [0.5, 0.6) is 0 Å². The van der Waals surface area contributed by atoms with Gasteiger partial charge in [-0.1, -0.05) is 19.4 Å². The molecule has 0 bridgehead atoms. The molecule has 0 amide bonds. The molecule has 2 N–H and O–H groups in total. The van der Waals surface area contributed by atoms with E-state index in [1.807, 2.05) is 6.92 Å². The van der Waals surface area contributed by atoms with Crippen LogP contribution in [0.15, 0.2) is 18.2 Å². The SMILES string of the molecule is CCCCOCc1ccc(N)cc1C(F)(F)F. The second kappa shape index (κ2) is 5.91. The van der Waals surface area contributed by atoms with Crippen molar-refractivity contribution in [2.75, 3.05) is 12.3 Å². The summed E-state index contributed by atoms with van der Waals surface area (Å²) in [6, 6.07) is 3.76. The first-order chi connectivity index (χ1) is 7.95. The fraction of sp³-hybridized carbons (Fsp3) is 0.500. The zero-order valence-electron chi connectivity index (χ0n) is 9.68. The van der Waals surface area contributed by atoms with Crippen molar-refractivity contribution in [2.24, 2.45) is 0 Å². The van der Waals surface area contributed by atoms with Gasteiger partial charge in [0.05, 0.1) is 12.2 Å². The minimum absolute atomic E-state index is 0.0326. The molecule has 96 valence electrons. The first-order valence-electron chi connectivity index (χ1n) is 5.48. The number of rotatable bonds is 5. The van der Waals surface area contributed by atoms with Crippen LogP contribution in [0.25, 0.3) is 0 Å². The molecule has 1 aromatic rings. The average Bonchev–Trinajstić information content (AvgIpc) is 2.25. The average molecular weight is 247 g/mol. The molecule has 0 aliphatic carbocycles. The van der Waals surface area contributed by atoms with E-state index in [0.29, 0.717) is 6.61 Å². The normalized spacial score (nSPS) is 11.8. The van der Waals surface area contributed by atoms with Gasteiger partial charge in [0.2, 0.25) is 0 Å². The maximum atomic E-state index is 12.7. The van der Waals surface area contributed by atoms with Gasteiger partial charge in [-0.05, 0) is 24.1 Å². The van der Waals surface area contributed by atoms with E-state index in [0.717, 1.165) is 18.9 Å². The molecule has 0 aliphatic heterocycles. The molecule has 5 heteroatoms. The summed E-state index contributed by atoms with van der Waals surface area (Å²) in [4.78, 5) is 0. The van der Waals surface area contributed by atoms with Crippen molar-refractivity contribution in [1.29, 1.82) is 0 Å². The predicted molar refractivity (Wildman–Crippen MR) is 60.4 cm³/mol. The van der Waals surface area contributed by atoms with Crippen molar-refractivity contribution in [3.05, 3.63) is 29.3 Å². The van der Waals surface area contributed by atoms with E-state index in [1.165, 1.54) is 12.1 Å². The molecule has 0 aliphatic rings. The summed E-state index contributed by atoms with van der Waals surface area (Å²) in [5.41, 5.74) is 4.88. The molecule has 2 nitrogen and oxygen atoms in total. The van der Waals surface area contributed by atoms with Crippen LogP contribution in [-0.2, 0) is 17.5 Å². The number of ether oxygens (including phenoxy) is 1. The van der Waals surface area contributed by atoms with Crippen LogP contribution in [0, 0.1) is 0 Å². The largest absolute Gasteiger partial charge is 0.416 e. The number of anilines is 1. The number of nitrogen functional groups attached to an aromatic ring is 1. The number of hydrogen-bond acceptors (Lipinski definition) is 2. The molecular weight excluding hydrogens is 231 g/mol. The molecular formula is C12H16F3NO. The lowest BCUT2D eigenvalue weighted by Crippen LogP contribution is -2.11. The van der Waals surface area contributed by atoms with Gasteiger partial charge in [-0.3, -0.25) is 0 Å². The Bertz CT molecular complexity index is 363. The minimum atomic E-state index is -4.39. The Kier molecular flexibility index (Phi) is 4.81. The molecule has 0 spiro atoms. The molecule has 0 saturated carbocycles. The van der Waals surface area contributed by atoms with Gasteiger partial charge in [0.15, 0.2) is 0 Å². The second-order valence-electron chi connectivity index (χ2n) is 3.82. The number of benzene rings is 1. The van der Waals surface area contributed by atoms with Crippen LogP contribution in [0.3, 0.4) is 0 Å². The molecule has 0 atom stereocenters. The summed E-state index contributed by atoms with van der Waals surface area (Å²) in [6.07, 6.45) is -2.59. The van der Waals surface area contributed by atoms with Crippen molar-refractivity contribution < 1.29 is 17.9 Å². The second-order valence-corrected chi connectivity index (χ2v) is 3.82. The Labute approximate surface area is 98.6 Å². The minimum Gasteiger partial charge on any atom is -0.399 e. The quantitative estimate of drug-likeness (QED) is 0.637. The zero-order chi connectivity index (χ0) is 12.9. The van der Waals surface area contributed by atoms with E-state index in [-0.39, 0.29) is 17.9 Å². The molecule has 0 aromatic heterocycles. The third-order valence-corrected chi connectivity index (χ3v) is 2.34. The molecule has 0 saturated heterocycles. The van der Waals surface area contributed by atoms with E-state index in [9.17, 15) is 13.2 Å². The van der Waals surface area contributed by atoms with Gasteiger partial charge >= 0.3 is 6.18 Å². The Morgan fingerprint density at radius 3 is 2.59 bits per heavy atom. The molecule has 0 fully saturated rings. The topological polar surface area (TPSA) is 35.2 Å². The number of unbranched alkanes of at least 4 members (excludes halogenated alkanes) is 1. The Hall–Kier alpha value is -1.23. The van der Waals surface area contributed by atoms with E-state index in [4.69, 9.17) is 10.5 Å². The summed E-state index contributed by atoms with van der Waals surface area (Å²) >= 11 is 0. The maximum Gasteiger partial charge on any atom is 0.416 e. The lowest BCUT2D eigenvalue weighted by atomic mass is 10.1. The van der Waals surface area contributed by atoms with Gasteiger partial charge in [-0.2, -0.15) is 13.2 Å². The Morgan fingerprint density at radius 2 is 2.00 bits per heavy atom. The smallest absolute Gasteiger partial charge is 0.399 e. The third-order valence-electron chi connectivity index (χ3n) is 2.34. The van der Waals surface area contributed by atoms with Gasteiger partial charge in [0, 0.05) is 12.3 Å². The number of alkyl halides is 3. The standard InChI is InChI=1S/C12H16F3NO/c1-2-3-6-17-8-9-4-5-10(16)7-11(9)12(13,14)15/h4-5,7H,2-3,6,8,16H2,1H3. The van der Waals surface area contributed by atoms with E-state index in [1.54, 1.807) is 0 Å². The number of halogens is 3. The first-order valence-corrected chi connectivity index (χ1v) is 5.48. The molecule has 1 rings (SSSR count). The first kappa shape index (κ1) is 13.8. The molecule has 0 unspecified atom stereocenters. The fourth-order valence-corrected chi connectivity index (χ4v) is 1.41. The van der Waals surface area contributed by atoms with E-state index in [2.05, 4.69) is 0 Å². The number of hydrogen-bond donors (Lipinski definition) is 1. The van der Waals surface area contributed by atoms with Crippen LogP contribution in [-0.4, -0.2) is 6.61 Å². The molecule has 0 heterocycles. The molecule has 0 radical (unpaired) electrons. The Morgan fingerprint density at radius 1 is 1.29 bits per heavy atom. The van der Waals surface area contributed by atoms with Gasteiger partial charge in [0.25, 0.3) is 0 Å². The summed E-state index contributed by atoms with van der Waals surface area (Å²) in [6.45, 7) is 2.43. The van der Waals surface area contributed by atoms with Crippen LogP contribution < -0.4 is 5.73 Å². The highest BCUT2D eigenvalue weighted by Gasteiger charge is 2.33. The van der Waals surface area contributed by atoms with Crippen molar-refractivity contribution in [3.8, 4) is 0 Å². The van der Waals surface area contributed by atoms with Crippen LogP contribution >= 0.6 is 0 Å². The van der Waals surface area contributed by atoms with Gasteiger partial charge < -0.3 is 10.5 Å². The van der Waals surface area contributed by atoms with Crippen molar-refractivity contribution in [2.45, 2.75) is 32.5 Å². The van der Waals surface area contributed by atoms with Gasteiger partial charge in [-0.15, -0.1) is 0 Å². The van der Waals surface area contributed by atoms with Crippen LogP contribution in [0.1, 0.15) is 30.9 Å². The lowest BCUT2D eigenvalue weighted by molar-refractivity contribution is -0.138. The molecule has 17 heavy (non-hydrogen) atoms. The highest BCUT2D eigenvalue weighted by Crippen LogP contribution is 2.33. The zero-order valence-corrected chi connectivity index (χ0v) is 9.68. The maximum absolute atomic E-state index is 12.7. The van der Waals surface area contributed by atoms with Gasteiger partial charge in [-0.25, -0.2) is 0 Å². The monoisotopic (exact) mass is 247 g/mol. The van der Waals surface area contributed by atoms with E-state index >= 15 is 0 Å². The van der Waals surface area contributed by atoms with Gasteiger partial charge in [0.1, 0.15) is 0 Å². The highest BCUT2D eigenvalue weighted by molar-refractivity contribution is 5.45.